The highest BCUT2D eigenvalue weighted by molar-refractivity contribution is 5.80. The fourth-order valence-corrected chi connectivity index (χ4v) is 4.44. The zero-order valence-corrected chi connectivity index (χ0v) is 17.7. The summed E-state index contributed by atoms with van der Waals surface area (Å²) < 4.78 is 44.5. The summed E-state index contributed by atoms with van der Waals surface area (Å²) in [5.41, 5.74) is 0.827. The van der Waals surface area contributed by atoms with Crippen molar-refractivity contribution in [1.29, 1.82) is 0 Å². The second-order valence-electron chi connectivity index (χ2n) is 8.37. The Kier molecular flexibility index (Phi) is 6.22. The highest BCUT2D eigenvalue weighted by atomic mass is 19.4. The minimum Gasteiger partial charge on any atom is -0.364 e. The van der Waals surface area contributed by atoms with Crippen molar-refractivity contribution in [3.05, 3.63) is 53.4 Å². The lowest BCUT2D eigenvalue weighted by Crippen LogP contribution is -2.55. The van der Waals surface area contributed by atoms with Gasteiger partial charge in [0.2, 0.25) is 0 Å². The molecule has 1 saturated carbocycles. The lowest BCUT2D eigenvalue weighted by Gasteiger charge is -2.44. The number of piperazine rings is 1. The smallest absolute Gasteiger partial charge is 0.364 e. The van der Waals surface area contributed by atoms with Crippen LogP contribution < -0.4 is 5.32 Å². The third-order valence-corrected chi connectivity index (χ3v) is 6.46. The quantitative estimate of drug-likeness (QED) is 0.576. The van der Waals surface area contributed by atoms with Crippen molar-refractivity contribution in [2.24, 2.45) is 4.99 Å². The topological polar surface area (TPSA) is 56.9 Å². The van der Waals surface area contributed by atoms with Crippen LogP contribution in [0.4, 0.5) is 13.2 Å². The molecule has 0 amide bonds. The number of benzene rings is 1. The minimum atomic E-state index is -4.32. The molecule has 0 unspecified atom stereocenters. The molecule has 1 aromatic carbocycles. The van der Waals surface area contributed by atoms with E-state index in [9.17, 15) is 13.2 Å². The number of aromatic nitrogens is 1. The fraction of sp³-hybridized carbons (Fsp3) is 0.545. The molecule has 2 heterocycles. The van der Waals surface area contributed by atoms with E-state index in [1.54, 1.807) is 13.3 Å². The lowest BCUT2D eigenvalue weighted by molar-refractivity contribution is -0.137. The van der Waals surface area contributed by atoms with Crippen molar-refractivity contribution in [2.45, 2.75) is 37.4 Å². The normalized spacial score (nSPS) is 19.9. The van der Waals surface area contributed by atoms with E-state index >= 15 is 0 Å². The van der Waals surface area contributed by atoms with Crippen LogP contribution in [0.2, 0.25) is 0 Å². The summed E-state index contributed by atoms with van der Waals surface area (Å²) in [6, 6.07) is 7.66. The van der Waals surface area contributed by atoms with Crippen LogP contribution in [0.1, 0.15) is 36.1 Å². The van der Waals surface area contributed by atoms with Crippen molar-refractivity contribution in [3.63, 3.8) is 0 Å². The zero-order chi connectivity index (χ0) is 21.9. The Labute approximate surface area is 180 Å². The SMILES string of the molecule is CN=C(NCC1(c2cccc(C(F)(F)F)c2)CCC1)N1CCN(Cc2ccon2)CC1. The molecule has 1 aliphatic carbocycles. The van der Waals surface area contributed by atoms with E-state index in [1.165, 1.54) is 12.1 Å². The first kappa shape index (κ1) is 21.7. The Morgan fingerprint density at radius 3 is 2.55 bits per heavy atom. The van der Waals surface area contributed by atoms with Crippen LogP contribution >= 0.6 is 0 Å². The molecular weight excluding hydrogens is 407 g/mol. The van der Waals surface area contributed by atoms with Gasteiger partial charge in [-0.2, -0.15) is 13.2 Å². The summed E-state index contributed by atoms with van der Waals surface area (Å²) in [6.45, 7) is 4.76. The number of rotatable bonds is 5. The monoisotopic (exact) mass is 435 g/mol. The van der Waals surface area contributed by atoms with Gasteiger partial charge in [-0.15, -0.1) is 0 Å². The van der Waals surface area contributed by atoms with Gasteiger partial charge < -0.3 is 14.7 Å². The molecule has 31 heavy (non-hydrogen) atoms. The molecule has 2 fully saturated rings. The molecule has 0 atom stereocenters. The summed E-state index contributed by atoms with van der Waals surface area (Å²) >= 11 is 0. The van der Waals surface area contributed by atoms with E-state index in [4.69, 9.17) is 4.52 Å². The average molecular weight is 435 g/mol. The molecule has 4 rings (SSSR count). The highest BCUT2D eigenvalue weighted by Crippen LogP contribution is 2.44. The van der Waals surface area contributed by atoms with E-state index in [1.807, 2.05) is 12.1 Å². The van der Waals surface area contributed by atoms with Crippen LogP contribution in [0.15, 0.2) is 46.1 Å². The average Bonchev–Trinajstić information content (AvgIpc) is 3.23. The lowest BCUT2D eigenvalue weighted by atomic mass is 9.64. The first-order valence-corrected chi connectivity index (χ1v) is 10.6. The molecule has 1 saturated heterocycles. The number of nitrogens with zero attached hydrogens (tertiary/aromatic N) is 4. The summed E-state index contributed by atoms with van der Waals surface area (Å²) in [6.07, 6.45) is 0.0406. The van der Waals surface area contributed by atoms with Crippen molar-refractivity contribution in [1.82, 2.24) is 20.3 Å². The molecule has 2 aliphatic rings. The van der Waals surface area contributed by atoms with Crippen LogP contribution in [0.3, 0.4) is 0 Å². The van der Waals surface area contributed by atoms with Gasteiger partial charge in [-0.3, -0.25) is 9.89 Å². The number of nitrogens with one attached hydrogen (secondary N) is 1. The van der Waals surface area contributed by atoms with E-state index in [-0.39, 0.29) is 5.41 Å². The van der Waals surface area contributed by atoms with Crippen LogP contribution in [0.5, 0.6) is 0 Å². The van der Waals surface area contributed by atoms with Crippen molar-refractivity contribution >= 4 is 5.96 Å². The summed E-state index contributed by atoms with van der Waals surface area (Å²) in [7, 11) is 1.75. The van der Waals surface area contributed by atoms with E-state index in [0.717, 1.165) is 75.3 Å². The highest BCUT2D eigenvalue weighted by Gasteiger charge is 2.40. The van der Waals surface area contributed by atoms with Crippen LogP contribution in [0, 0.1) is 0 Å². The maximum absolute atomic E-state index is 13.2. The third kappa shape index (κ3) is 4.87. The van der Waals surface area contributed by atoms with Crippen molar-refractivity contribution in [3.8, 4) is 0 Å². The first-order valence-electron chi connectivity index (χ1n) is 10.6. The molecule has 2 aromatic rings. The molecule has 168 valence electrons. The Morgan fingerprint density at radius 1 is 1.19 bits per heavy atom. The second-order valence-corrected chi connectivity index (χ2v) is 8.37. The number of hydrogen-bond acceptors (Lipinski definition) is 4. The van der Waals surface area contributed by atoms with Gasteiger partial charge in [0.15, 0.2) is 5.96 Å². The van der Waals surface area contributed by atoms with Gasteiger partial charge in [0.1, 0.15) is 6.26 Å². The molecular formula is C22H28F3N5O. The van der Waals surface area contributed by atoms with Gasteiger partial charge in [-0.1, -0.05) is 29.8 Å². The van der Waals surface area contributed by atoms with Gasteiger partial charge >= 0.3 is 6.18 Å². The zero-order valence-electron chi connectivity index (χ0n) is 17.7. The Balaban J connectivity index is 1.36. The van der Waals surface area contributed by atoms with Crippen LogP contribution in [-0.2, 0) is 18.1 Å². The summed E-state index contributed by atoms with van der Waals surface area (Å²) in [5.74, 6) is 0.805. The molecule has 9 heteroatoms. The van der Waals surface area contributed by atoms with E-state index in [0.29, 0.717) is 6.54 Å². The number of guanidine groups is 1. The molecule has 1 N–H and O–H groups in total. The van der Waals surface area contributed by atoms with Crippen LogP contribution in [0.25, 0.3) is 0 Å². The van der Waals surface area contributed by atoms with Crippen LogP contribution in [-0.4, -0.2) is 60.7 Å². The number of alkyl halides is 3. The van der Waals surface area contributed by atoms with E-state index < -0.39 is 11.7 Å². The van der Waals surface area contributed by atoms with Gasteiger partial charge in [0.05, 0.1) is 11.3 Å². The van der Waals surface area contributed by atoms with Gasteiger partial charge in [-0.05, 0) is 24.5 Å². The number of aliphatic imine (C=N–C) groups is 1. The Bertz CT molecular complexity index is 885. The predicted octanol–water partition coefficient (Wildman–Crippen LogP) is 3.51. The largest absolute Gasteiger partial charge is 0.416 e. The first-order chi connectivity index (χ1) is 14.9. The van der Waals surface area contributed by atoms with Gasteiger partial charge in [-0.25, -0.2) is 0 Å². The fourth-order valence-electron chi connectivity index (χ4n) is 4.44. The molecule has 0 bridgehead atoms. The molecule has 6 nitrogen and oxygen atoms in total. The maximum Gasteiger partial charge on any atom is 0.416 e. The van der Waals surface area contributed by atoms with E-state index in [2.05, 4.69) is 25.3 Å². The molecule has 0 spiro atoms. The summed E-state index contributed by atoms with van der Waals surface area (Å²) in [5, 5.41) is 7.41. The molecule has 1 aliphatic heterocycles. The van der Waals surface area contributed by atoms with Gasteiger partial charge in [0, 0.05) is 57.8 Å². The number of hydrogen-bond donors (Lipinski definition) is 1. The van der Waals surface area contributed by atoms with Gasteiger partial charge in [0.25, 0.3) is 0 Å². The Morgan fingerprint density at radius 2 is 1.97 bits per heavy atom. The summed E-state index contributed by atoms with van der Waals surface area (Å²) in [4.78, 5) is 8.95. The minimum absolute atomic E-state index is 0.272. The maximum atomic E-state index is 13.2. The Hall–Kier alpha value is -2.55. The predicted molar refractivity (Wildman–Crippen MR) is 112 cm³/mol. The van der Waals surface area contributed by atoms with Crippen molar-refractivity contribution in [2.75, 3.05) is 39.8 Å². The second kappa shape index (κ2) is 8.90. The standard InChI is InChI=1S/C22H28F3N5O/c1-26-20(30-11-9-29(10-12-30)15-19-6-13-31-28-19)27-16-21(7-3-8-21)17-4-2-5-18(14-17)22(23,24)25/h2,4-6,13-14H,3,7-12,15-16H2,1H3,(H,26,27). The molecule has 0 radical (unpaired) electrons. The van der Waals surface area contributed by atoms with Crippen molar-refractivity contribution < 1.29 is 17.7 Å². The third-order valence-electron chi connectivity index (χ3n) is 6.46. The number of halogens is 3. The molecule has 1 aromatic heterocycles.